The maximum Gasteiger partial charge on any atom is 0.253 e. The molecule has 1 fully saturated rings. The van der Waals surface area contributed by atoms with Crippen molar-refractivity contribution in [3.05, 3.63) is 53.9 Å². The Morgan fingerprint density at radius 1 is 1.24 bits per heavy atom. The molecule has 2 aromatic heterocycles. The fourth-order valence-corrected chi connectivity index (χ4v) is 3.94. The van der Waals surface area contributed by atoms with Crippen LogP contribution in [0.5, 0.6) is 0 Å². The third-order valence-corrected chi connectivity index (χ3v) is 5.69. The van der Waals surface area contributed by atoms with Gasteiger partial charge in [-0.2, -0.15) is 0 Å². The third kappa shape index (κ3) is 5.52. The maximum atomic E-state index is 14.8. The Balaban J connectivity index is 0.00000324. The summed E-state index contributed by atoms with van der Waals surface area (Å²) in [6, 6.07) is 6.97. The van der Waals surface area contributed by atoms with Crippen LogP contribution in [0.3, 0.4) is 0 Å². The molecule has 11 heteroatoms. The zero-order valence-corrected chi connectivity index (χ0v) is 19.9. The molecule has 3 aromatic rings. The Morgan fingerprint density at radius 3 is 2.62 bits per heavy atom. The van der Waals surface area contributed by atoms with Gasteiger partial charge in [0.1, 0.15) is 11.5 Å². The number of carbonyl (C=O) groups excluding carboxylic acids is 1. The van der Waals surface area contributed by atoms with E-state index in [-0.39, 0.29) is 49.1 Å². The number of ether oxygens (including phenoxy) is 1. The number of hydrogen-bond acceptors (Lipinski definition) is 7. The molecule has 0 atom stereocenters. The van der Waals surface area contributed by atoms with Crippen molar-refractivity contribution in [3.8, 4) is 11.4 Å². The first kappa shape index (κ1) is 25.5. The van der Waals surface area contributed by atoms with Crippen molar-refractivity contribution in [2.75, 3.05) is 38.7 Å². The molecular weight excluding hydrogens is 463 g/mol. The molecule has 1 aromatic carbocycles. The van der Waals surface area contributed by atoms with E-state index in [0.29, 0.717) is 30.2 Å². The van der Waals surface area contributed by atoms with Gasteiger partial charge >= 0.3 is 0 Å². The molecule has 1 amide bonds. The number of amides is 1. The molecule has 1 saturated heterocycles. The number of aliphatic hydroxyl groups excluding tert-OH is 1. The van der Waals surface area contributed by atoms with E-state index in [4.69, 9.17) is 9.84 Å². The lowest BCUT2D eigenvalue weighted by molar-refractivity contribution is 0.0694. The summed E-state index contributed by atoms with van der Waals surface area (Å²) in [7, 11) is 1.63. The van der Waals surface area contributed by atoms with Gasteiger partial charge in [-0.3, -0.25) is 4.79 Å². The van der Waals surface area contributed by atoms with Gasteiger partial charge in [0, 0.05) is 44.1 Å². The van der Waals surface area contributed by atoms with Crippen LogP contribution in [-0.2, 0) is 4.74 Å². The van der Waals surface area contributed by atoms with E-state index in [2.05, 4.69) is 20.3 Å². The second-order valence-electron chi connectivity index (χ2n) is 7.95. The van der Waals surface area contributed by atoms with Crippen molar-refractivity contribution in [1.82, 2.24) is 24.4 Å². The minimum Gasteiger partial charge on any atom is -0.395 e. The number of anilines is 2. The molecule has 4 rings (SSSR count). The predicted octanol–water partition coefficient (Wildman–Crippen LogP) is 3.37. The van der Waals surface area contributed by atoms with Gasteiger partial charge in [0.15, 0.2) is 5.82 Å². The van der Waals surface area contributed by atoms with Crippen molar-refractivity contribution in [3.63, 3.8) is 0 Å². The molecule has 0 bridgehead atoms. The van der Waals surface area contributed by atoms with E-state index in [1.807, 2.05) is 11.5 Å². The number of halogens is 2. The zero-order chi connectivity index (χ0) is 23.4. The van der Waals surface area contributed by atoms with Crippen LogP contribution < -0.4 is 5.32 Å². The van der Waals surface area contributed by atoms with E-state index in [1.54, 1.807) is 37.5 Å². The molecule has 34 heavy (non-hydrogen) atoms. The summed E-state index contributed by atoms with van der Waals surface area (Å²) in [6.07, 6.45) is 4.45. The van der Waals surface area contributed by atoms with Crippen molar-refractivity contribution >= 4 is 29.9 Å². The number of carbonyl (C=O) groups is 1. The smallest absolute Gasteiger partial charge is 0.253 e. The van der Waals surface area contributed by atoms with Crippen molar-refractivity contribution in [2.24, 2.45) is 0 Å². The number of rotatable bonds is 7. The minimum atomic E-state index is -0.526. The summed E-state index contributed by atoms with van der Waals surface area (Å²) in [4.78, 5) is 26.7. The quantitative estimate of drug-likeness (QED) is 0.523. The minimum absolute atomic E-state index is 0. The number of likely N-dealkylation sites (N-methyl/N-ethyl adjacent to an activating group) is 1. The molecule has 2 N–H and O–H groups in total. The van der Waals surface area contributed by atoms with Gasteiger partial charge in [-0.25, -0.2) is 19.3 Å². The Labute approximate surface area is 203 Å². The lowest BCUT2D eigenvalue weighted by Crippen LogP contribution is -2.29. The standard InChI is InChI=1S/C23H27FN6O3.ClH/c1-15-25-14-20(30(15)18-7-11-33-12-8-18)21-19(24)13-26-23(28-21)27-17-5-3-16(4-6-17)22(32)29(2)9-10-31;/h3-6,13-14,18,31H,7-12H2,1-2H3,(H,26,27,28);1H. The first-order valence-corrected chi connectivity index (χ1v) is 10.9. The summed E-state index contributed by atoms with van der Waals surface area (Å²) in [5, 5.41) is 12.1. The van der Waals surface area contributed by atoms with Crippen LogP contribution in [0.2, 0.25) is 0 Å². The van der Waals surface area contributed by atoms with Gasteiger partial charge in [0.25, 0.3) is 5.91 Å². The van der Waals surface area contributed by atoms with Gasteiger partial charge < -0.3 is 24.6 Å². The number of aryl methyl sites for hydroxylation is 1. The molecule has 0 unspecified atom stereocenters. The summed E-state index contributed by atoms with van der Waals surface area (Å²) in [5.74, 6) is 0.324. The van der Waals surface area contributed by atoms with Gasteiger partial charge in [-0.05, 0) is 44.0 Å². The van der Waals surface area contributed by atoms with Gasteiger partial charge in [-0.15, -0.1) is 12.4 Å². The molecule has 1 aliphatic rings. The number of aliphatic hydroxyl groups is 1. The summed E-state index contributed by atoms with van der Waals surface area (Å²) in [6.45, 7) is 3.39. The number of imidazole rings is 1. The predicted molar refractivity (Wildman–Crippen MR) is 128 cm³/mol. The molecule has 0 spiro atoms. The SMILES string of the molecule is Cc1ncc(-c2nc(Nc3ccc(C(=O)N(C)CCO)cc3)ncc2F)n1C1CCOCC1.Cl. The van der Waals surface area contributed by atoms with E-state index in [9.17, 15) is 9.18 Å². The zero-order valence-electron chi connectivity index (χ0n) is 19.1. The lowest BCUT2D eigenvalue weighted by atomic mass is 10.1. The van der Waals surface area contributed by atoms with Gasteiger partial charge in [0.2, 0.25) is 5.95 Å². The highest BCUT2D eigenvalue weighted by molar-refractivity contribution is 5.94. The Kier molecular flexibility index (Phi) is 8.54. The van der Waals surface area contributed by atoms with E-state index in [1.165, 1.54) is 4.90 Å². The van der Waals surface area contributed by atoms with Crippen LogP contribution in [0, 0.1) is 12.7 Å². The van der Waals surface area contributed by atoms with E-state index < -0.39 is 5.82 Å². The lowest BCUT2D eigenvalue weighted by Gasteiger charge is -2.26. The molecule has 1 aliphatic heterocycles. The fourth-order valence-electron chi connectivity index (χ4n) is 3.94. The third-order valence-electron chi connectivity index (χ3n) is 5.69. The van der Waals surface area contributed by atoms with Crippen LogP contribution in [0.25, 0.3) is 11.4 Å². The second-order valence-corrected chi connectivity index (χ2v) is 7.95. The van der Waals surface area contributed by atoms with Crippen molar-refractivity contribution in [1.29, 1.82) is 0 Å². The highest BCUT2D eigenvalue weighted by Gasteiger charge is 2.23. The first-order valence-electron chi connectivity index (χ1n) is 10.9. The van der Waals surface area contributed by atoms with Gasteiger partial charge in [0.05, 0.1) is 24.7 Å². The average Bonchev–Trinajstić information content (AvgIpc) is 3.22. The molecule has 9 nitrogen and oxygen atoms in total. The number of nitrogens with zero attached hydrogens (tertiary/aromatic N) is 5. The molecule has 3 heterocycles. The van der Waals surface area contributed by atoms with E-state index >= 15 is 0 Å². The number of nitrogens with one attached hydrogen (secondary N) is 1. The summed E-state index contributed by atoms with van der Waals surface area (Å²) < 4.78 is 22.2. The van der Waals surface area contributed by atoms with Gasteiger partial charge in [-0.1, -0.05) is 0 Å². The molecule has 0 aliphatic carbocycles. The normalized spacial score (nSPS) is 13.9. The molecule has 0 saturated carbocycles. The van der Waals surface area contributed by atoms with Crippen LogP contribution in [0.4, 0.5) is 16.0 Å². The Morgan fingerprint density at radius 2 is 1.94 bits per heavy atom. The Bertz CT molecular complexity index is 1120. The number of aromatic nitrogens is 4. The van der Waals surface area contributed by atoms with Crippen LogP contribution in [0.15, 0.2) is 36.7 Å². The van der Waals surface area contributed by atoms with Crippen LogP contribution in [-0.4, -0.2) is 68.8 Å². The molecule has 182 valence electrons. The topological polar surface area (TPSA) is 105 Å². The van der Waals surface area contributed by atoms with Crippen molar-refractivity contribution < 1.29 is 19.0 Å². The number of benzene rings is 1. The molecule has 0 radical (unpaired) electrons. The summed E-state index contributed by atoms with van der Waals surface area (Å²) in [5.41, 5.74) is 1.93. The van der Waals surface area contributed by atoms with Crippen LogP contribution in [0.1, 0.15) is 35.1 Å². The average molecular weight is 491 g/mol. The molecular formula is C23H28ClFN6O3. The largest absolute Gasteiger partial charge is 0.395 e. The second kappa shape index (κ2) is 11.4. The van der Waals surface area contributed by atoms with E-state index in [0.717, 1.165) is 24.9 Å². The monoisotopic (exact) mass is 490 g/mol. The summed E-state index contributed by atoms with van der Waals surface area (Å²) >= 11 is 0. The first-order chi connectivity index (χ1) is 16.0. The maximum absolute atomic E-state index is 14.8. The highest BCUT2D eigenvalue weighted by atomic mass is 35.5. The van der Waals surface area contributed by atoms with Crippen LogP contribution >= 0.6 is 12.4 Å². The van der Waals surface area contributed by atoms with Crippen molar-refractivity contribution in [2.45, 2.75) is 25.8 Å². The highest BCUT2D eigenvalue weighted by Crippen LogP contribution is 2.31. The Hall–Kier alpha value is -3.08. The number of hydrogen-bond donors (Lipinski definition) is 2. The fraction of sp³-hybridized carbons (Fsp3) is 0.391.